The van der Waals surface area contributed by atoms with E-state index in [1.54, 1.807) is 43.3 Å². The average Bonchev–Trinajstić information content (AvgIpc) is 2.50. The first-order valence-corrected chi connectivity index (χ1v) is 6.86. The molecule has 0 spiro atoms. The van der Waals surface area contributed by atoms with Crippen LogP contribution in [0.1, 0.15) is 38.8 Å². The first kappa shape index (κ1) is 15.0. The van der Waals surface area contributed by atoms with E-state index in [-0.39, 0.29) is 5.78 Å². The van der Waals surface area contributed by atoms with Gasteiger partial charge in [0.1, 0.15) is 0 Å². The van der Waals surface area contributed by atoms with E-state index >= 15 is 0 Å². The zero-order chi connectivity index (χ0) is 15.4. The number of carbonyl (C=O) groups excluding carboxylic acids is 2. The molecule has 2 aromatic carbocycles. The Morgan fingerprint density at radius 1 is 0.905 bits per heavy atom. The van der Waals surface area contributed by atoms with Crippen molar-refractivity contribution in [2.75, 3.05) is 0 Å². The average molecular weight is 282 g/mol. The predicted molar refractivity (Wildman–Crippen MR) is 81.6 cm³/mol. The molecule has 0 aliphatic carbocycles. The summed E-state index contributed by atoms with van der Waals surface area (Å²) >= 11 is 0. The van der Waals surface area contributed by atoms with Crippen LogP contribution in [0, 0.1) is 13.8 Å². The van der Waals surface area contributed by atoms with Crippen LogP contribution in [0.3, 0.4) is 0 Å². The molecular formula is C18H18O3. The SMILES string of the molecule is Cc1ccc(C(=O)OC(C)C(=O)c2ccccc2)cc1C. The summed E-state index contributed by atoms with van der Waals surface area (Å²) in [4.78, 5) is 24.2. The van der Waals surface area contributed by atoms with Gasteiger partial charge in [-0.25, -0.2) is 4.79 Å². The molecule has 2 rings (SSSR count). The minimum absolute atomic E-state index is 0.201. The molecule has 1 atom stereocenters. The summed E-state index contributed by atoms with van der Waals surface area (Å²) in [6.45, 7) is 5.50. The summed E-state index contributed by atoms with van der Waals surface area (Å²) in [7, 11) is 0. The maximum Gasteiger partial charge on any atom is 0.338 e. The van der Waals surface area contributed by atoms with Gasteiger partial charge < -0.3 is 4.74 Å². The molecule has 2 aromatic rings. The molecule has 21 heavy (non-hydrogen) atoms. The van der Waals surface area contributed by atoms with Crippen molar-refractivity contribution in [1.82, 2.24) is 0 Å². The van der Waals surface area contributed by atoms with Gasteiger partial charge in [0.2, 0.25) is 5.78 Å². The van der Waals surface area contributed by atoms with E-state index in [1.807, 2.05) is 26.0 Å². The molecule has 0 aliphatic heterocycles. The summed E-state index contributed by atoms with van der Waals surface area (Å²) in [5.41, 5.74) is 3.13. The Balaban J connectivity index is 2.08. The molecule has 0 saturated carbocycles. The highest BCUT2D eigenvalue weighted by Crippen LogP contribution is 2.13. The van der Waals surface area contributed by atoms with Gasteiger partial charge in [0.05, 0.1) is 5.56 Å². The molecular weight excluding hydrogens is 264 g/mol. The van der Waals surface area contributed by atoms with Gasteiger partial charge in [0, 0.05) is 5.56 Å². The van der Waals surface area contributed by atoms with E-state index in [2.05, 4.69) is 0 Å². The zero-order valence-corrected chi connectivity index (χ0v) is 12.4. The van der Waals surface area contributed by atoms with Crippen LogP contribution in [0.25, 0.3) is 0 Å². The van der Waals surface area contributed by atoms with E-state index in [9.17, 15) is 9.59 Å². The number of Topliss-reactive ketones (excluding diaryl/α,β-unsaturated/α-hetero) is 1. The van der Waals surface area contributed by atoms with Gasteiger partial charge in [-0.15, -0.1) is 0 Å². The first-order valence-electron chi connectivity index (χ1n) is 6.86. The quantitative estimate of drug-likeness (QED) is 0.634. The van der Waals surface area contributed by atoms with Gasteiger partial charge in [0.15, 0.2) is 6.10 Å². The number of esters is 1. The monoisotopic (exact) mass is 282 g/mol. The van der Waals surface area contributed by atoms with Crippen LogP contribution in [0.2, 0.25) is 0 Å². The molecule has 0 N–H and O–H groups in total. The second-order valence-electron chi connectivity index (χ2n) is 5.08. The predicted octanol–water partition coefficient (Wildman–Crippen LogP) is 3.73. The normalized spacial score (nSPS) is 11.8. The number of rotatable bonds is 4. The summed E-state index contributed by atoms with van der Waals surface area (Å²) < 4.78 is 5.26. The molecule has 0 aromatic heterocycles. The molecule has 0 radical (unpaired) electrons. The van der Waals surface area contributed by atoms with Crippen LogP contribution in [0.15, 0.2) is 48.5 Å². The van der Waals surface area contributed by atoms with Crippen molar-refractivity contribution >= 4 is 11.8 Å². The highest BCUT2D eigenvalue weighted by atomic mass is 16.5. The Hall–Kier alpha value is -2.42. The lowest BCUT2D eigenvalue weighted by Gasteiger charge is -2.13. The highest BCUT2D eigenvalue weighted by Gasteiger charge is 2.20. The first-order chi connectivity index (χ1) is 9.99. The summed E-state index contributed by atoms with van der Waals surface area (Å²) in [6.07, 6.45) is -0.804. The van der Waals surface area contributed by atoms with Crippen molar-refractivity contribution in [1.29, 1.82) is 0 Å². The summed E-state index contributed by atoms with van der Waals surface area (Å²) in [6, 6.07) is 14.2. The topological polar surface area (TPSA) is 43.4 Å². The van der Waals surface area contributed by atoms with Gasteiger partial charge in [-0.05, 0) is 44.0 Å². The zero-order valence-electron chi connectivity index (χ0n) is 12.4. The number of hydrogen-bond donors (Lipinski definition) is 0. The van der Waals surface area contributed by atoms with E-state index in [0.29, 0.717) is 11.1 Å². The molecule has 0 amide bonds. The molecule has 0 saturated heterocycles. The van der Waals surface area contributed by atoms with Crippen LogP contribution in [0.5, 0.6) is 0 Å². The maximum absolute atomic E-state index is 12.2. The lowest BCUT2D eigenvalue weighted by Crippen LogP contribution is -2.24. The number of benzene rings is 2. The van der Waals surface area contributed by atoms with Crippen LogP contribution >= 0.6 is 0 Å². The second kappa shape index (κ2) is 6.35. The third kappa shape index (κ3) is 3.57. The summed E-state index contributed by atoms with van der Waals surface area (Å²) in [5.74, 6) is -0.678. The Kier molecular flexibility index (Phi) is 4.53. The van der Waals surface area contributed by atoms with Crippen molar-refractivity contribution < 1.29 is 14.3 Å². The molecule has 108 valence electrons. The smallest absolute Gasteiger partial charge is 0.338 e. The fourth-order valence-corrected chi connectivity index (χ4v) is 1.99. The van der Waals surface area contributed by atoms with Crippen molar-refractivity contribution in [3.8, 4) is 0 Å². The minimum Gasteiger partial charge on any atom is -0.451 e. The molecule has 0 bridgehead atoms. The molecule has 3 nitrogen and oxygen atoms in total. The van der Waals surface area contributed by atoms with E-state index in [0.717, 1.165) is 11.1 Å². The van der Waals surface area contributed by atoms with E-state index < -0.39 is 12.1 Å². The van der Waals surface area contributed by atoms with Crippen LogP contribution in [-0.4, -0.2) is 17.9 Å². The molecule has 0 aliphatic rings. The standard InChI is InChI=1S/C18H18O3/c1-12-9-10-16(11-13(12)2)18(20)21-14(3)17(19)15-7-5-4-6-8-15/h4-11,14H,1-3H3. The second-order valence-corrected chi connectivity index (χ2v) is 5.08. The van der Waals surface area contributed by atoms with Crippen molar-refractivity contribution in [2.45, 2.75) is 26.9 Å². The van der Waals surface area contributed by atoms with Crippen LogP contribution < -0.4 is 0 Å². The minimum atomic E-state index is -0.804. The summed E-state index contributed by atoms with van der Waals surface area (Å²) in [5, 5.41) is 0. The third-order valence-electron chi connectivity index (χ3n) is 3.45. The Bertz CT molecular complexity index is 659. The van der Waals surface area contributed by atoms with Crippen molar-refractivity contribution in [3.05, 3.63) is 70.8 Å². The fourth-order valence-electron chi connectivity index (χ4n) is 1.99. The number of aryl methyl sites for hydroxylation is 2. The van der Waals surface area contributed by atoms with Crippen molar-refractivity contribution in [3.63, 3.8) is 0 Å². The largest absolute Gasteiger partial charge is 0.451 e. The Labute approximate surface area is 124 Å². The van der Waals surface area contributed by atoms with Gasteiger partial charge in [-0.2, -0.15) is 0 Å². The molecule has 1 unspecified atom stereocenters. The number of ketones is 1. The van der Waals surface area contributed by atoms with E-state index in [1.165, 1.54) is 0 Å². The lowest BCUT2D eigenvalue weighted by atomic mass is 10.1. The van der Waals surface area contributed by atoms with Crippen LogP contribution in [0.4, 0.5) is 0 Å². The van der Waals surface area contributed by atoms with Crippen molar-refractivity contribution in [2.24, 2.45) is 0 Å². The number of hydrogen-bond acceptors (Lipinski definition) is 3. The van der Waals surface area contributed by atoms with Gasteiger partial charge in [0.25, 0.3) is 0 Å². The van der Waals surface area contributed by atoms with Gasteiger partial charge in [-0.3, -0.25) is 4.79 Å². The fraction of sp³-hybridized carbons (Fsp3) is 0.222. The Morgan fingerprint density at radius 2 is 1.57 bits per heavy atom. The third-order valence-corrected chi connectivity index (χ3v) is 3.45. The molecule has 0 fully saturated rings. The van der Waals surface area contributed by atoms with E-state index in [4.69, 9.17) is 4.74 Å². The number of carbonyl (C=O) groups is 2. The Morgan fingerprint density at radius 3 is 2.19 bits per heavy atom. The molecule has 3 heteroatoms. The lowest BCUT2D eigenvalue weighted by molar-refractivity contribution is 0.0318. The highest BCUT2D eigenvalue weighted by molar-refractivity contribution is 6.01. The maximum atomic E-state index is 12.2. The molecule has 0 heterocycles. The van der Waals surface area contributed by atoms with Crippen LogP contribution in [-0.2, 0) is 4.74 Å². The van der Waals surface area contributed by atoms with Gasteiger partial charge >= 0.3 is 5.97 Å². The number of ether oxygens (including phenoxy) is 1. The van der Waals surface area contributed by atoms with Gasteiger partial charge in [-0.1, -0.05) is 36.4 Å².